The van der Waals surface area contributed by atoms with Gasteiger partial charge in [0.2, 0.25) is 11.8 Å². The van der Waals surface area contributed by atoms with E-state index in [2.05, 4.69) is 15.2 Å². The fraction of sp³-hybridized carbons (Fsp3) is 0.350. The van der Waals surface area contributed by atoms with E-state index in [1.165, 1.54) is 0 Å². The van der Waals surface area contributed by atoms with Crippen molar-refractivity contribution in [2.45, 2.75) is 19.9 Å². The van der Waals surface area contributed by atoms with Crippen LogP contribution in [0.5, 0.6) is 0 Å². The minimum Gasteiger partial charge on any atom is -0.353 e. The van der Waals surface area contributed by atoms with Crippen molar-refractivity contribution < 1.29 is 9.59 Å². The maximum Gasteiger partial charge on any atom is 0.232 e. The molecule has 26 heavy (non-hydrogen) atoms. The molecule has 1 fully saturated rings. The average molecular weight is 352 g/mol. The zero-order chi connectivity index (χ0) is 18.4. The van der Waals surface area contributed by atoms with Gasteiger partial charge in [-0.3, -0.25) is 9.59 Å². The number of nitrogens with one attached hydrogen (secondary N) is 1. The van der Waals surface area contributed by atoms with Crippen LogP contribution in [0.1, 0.15) is 17.5 Å². The number of nitrogens with zero attached hydrogens (tertiary/aromatic N) is 3. The first-order valence-corrected chi connectivity index (χ1v) is 8.88. The summed E-state index contributed by atoms with van der Waals surface area (Å²) in [6, 6.07) is 13.7. The van der Waals surface area contributed by atoms with Gasteiger partial charge in [-0.05, 0) is 30.2 Å². The van der Waals surface area contributed by atoms with Crippen molar-refractivity contribution in [2.75, 3.05) is 31.1 Å². The average Bonchev–Trinajstić information content (AvgIpc) is 2.68. The molecule has 0 radical (unpaired) electrons. The summed E-state index contributed by atoms with van der Waals surface area (Å²) in [4.78, 5) is 32.7. The molecule has 0 spiro atoms. The molecule has 2 heterocycles. The van der Waals surface area contributed by atoms with E-state index in [1.807, 2.05) is 49.4 Å². The van der Waals surface area contributed by atoms with Crippen LogP contribution in [0.25, 0.3) is 0 Å². The van der Waals surface area contributed by atoms with Crippen molar-refractivity contribution >= 4 is 17.6 Å². The lowest BCUT2D eigenvalue weighted by Gasteiger charge is -2.35. The van der Waals surface area contributed by atoms with Gasteiger partial charge in [0, 0.05) is 38.9 Å². The van der Waals surface area contributed by atoms with Crippen molar-refractivity contribution in [3.63, 3.8) is 0 Å². The summed E-state index contributed by atoms with van der Waals surface area (Å²) >= 11 is 0. The Hall–Kier alpha value is -2.89. The third-order valence-electron chi connectivity index (χ3n) is 4.65. The molecule has 3 rings (SSSR count). The number of benzene rings is 1. The summed E-state index contributed by atoms with van der Waals surface area (Å²) in [6.07, 6.45) is 1.67. The van der Waals surface area contributed by atoms with E-state index in [1.54, 1.807) is 11.1 Å². The highest BCUT2D eigenvalue weighted by Gasteiger charge is 2.23. The molecule has 136 valence electrons. The van der Waals surface area contributed by atoms with E-state index >= 15 is 0 Å². The molecule has 6 heteroatoms. The summed E-state index contributed by atoms with van der Waals surface area (Å²) in [5.41, 5.74) is 2.20. The Morgan fingerprint density at radius 3 is 2.46 bits per heavy atom. The quantitative estimate of drug-likeness (QED) is 0.833. The lowest BCUT2D eigenvalue weighted by molar-refractivity contribution is -0.136. The molecule has 1 saturated heterocycles. The molecular formula is C20H24N4O2. The zero-order valence-corrected chi connectivity index (χ0v) is 15.0. The SMILES string of the molecule is Cc1ccccc1CNC(=O)CC(=O)N1CCN(c2ccccn2)CC1. The minimum absolute atomic E-state index is 0.102. The molecule has 0 saturated carbocycles. The number of aryl methyl sites for hydroxylation is 1. The van der Waals surface area contributed by atoms with E-state index < -0.39 is 0 Å². The first-order chi connectivity index (χ1) is 12.6. The molecule has 1 aromatic carbocycles. The van der Waals surface area contributed by atoms with Gasteiger partial charge in [0.15, 0.2) is 0 Å². The molecule has 0 atom stereocenters. The van der Waals surface area contributed by atoms with Gasteiger partial charge in [0.05, 0.1) is 0 Å². The Labute approximate surface area is 153 Å². The second kappa shape index (κ2) is 8.47. The number of rotatable bonds is 5. The highest BCUT2D eigenvalue weighted by molar-refractivity contribution is 5.96. The number of carbonyl (C=O) groups is 2. The Balaban J connectivity index is 1.44. The van der Waals surface area contributed by atoms with E-state index in [0.717, 1.165) is 30.0 Å². The lowest BCUT2D eigenvalue weighted by atomic mass is 10.1. The van der Waals surface area contributed by atoms with Crippen LogP contribution in [0.2, 0.25) is 0 Å². The van der Waals surface area contributed by atoms with Gasteiger partial charge >= 0.3 is 0 Å². The molecule has 0 bridgehead atoms. The Kier molecular flexibility index (Phi) is 5.84. The number of amides is 2. The number of hydrogen-bond donors (Lipinski definition) is 1. The number of anilines is 1. The van der Waals surface area contributed by atoms with Crippen molar-refractivity contribution in [1.82, 2.24) is 15.2 Å². The van der Waals surface area contributed by atoms with Crippen LogP contribution in [0, 0.1) is 6.92 Å². The summed E-state index contributed by atoms with van der Waals surface area (Å²) in [6.45, 7) is 5.14. The Morgan fingerprint density at radius 1 is 1.04 bits per heavy atom. The van der Waals surface area contributed by atoms with Crippen LogP contribution in [0.15, 0.2) is 48.7 Å². The third kappa shape index (κ3) is 4.59. The summed E-state index contributed by atoms with van der Waals surface area (Å²) in [5.74, 6) is 0.578. The second-order valence-corrected chi connectivity index (χ2v) is 6.44. The Morgan fingerprint density at radius 2 is 1.77 bits per heavy atom. The van der Waals surface area contributed by atoms with Gasteiger partial charge in [-0.25, -0.2) is 4.98 Å². The zero-order valence-electron chi connectivity index (χ0n) is 15.0. The fourth-order valence-corrected chi connectivity index (χ4v) is 3.04. The smallest absolute Gasteiger partial charge is 0.232 e. The number of pyridine rings is 1. The van der Waals surface area contributed by atoms with Crippen molar-refractivity contribution in [3.8, 4) is 0 Å². The highest BCUT2D eigenvalue weighted by Crippen LogP contribution is 2.13. The van der Waals surface area contributed by atoms with Gasteiger partial charge in [-0.15, -0.1) is 0 Å². The van der Waals surface area contributed by atoms with Gasteiger partial charge in [-0.2, -0.15) is 0 Å². The van der Waals surface area contributed by atoms with E-state index in [4.69, 9.17) is 0 Å². The van der Waals surface area contributed by atoms with E-state index in [0.29, 0.717) is 19.6 Å². The van der Waals surface area contributed by atoms with Crippen LogP contribution in [-0.4, -0.2) is 47.9 Å². The third-order valence-corrected chi connectivity index (χ3v) is 4.65. The van der Waals surface area contributed by atoms with Crippen LogP contribution < -0.4 is 10.2 Å². The summed E-state index contributed by atoms with van der Waals surface area (Å²) < 4.78 is 0. The molecule has 0 unspecified atom stereocenters. The largest absolute Gasteiger partial charge is 0.353 e. The number of piperazine rings is 1. The molecule has 1 aliphatic heterocycles. The van der Waals surface area contributed by atoms with Crippen LogP contribution >= 0.6 is 0 Å². The maximum atomic E-state index is 12.4. The van der Waals surface area contributed by atoms with Gasteiger partial charge in [0.25, 0.3) is 0 Å². The predicted molar refractivity (Wildman–Crippen MR) is 101 cm³/mol. The van der Waals surface area contributed by atoms with Gasteiger partial charge in [0.1, 0.15) is 12.2 Å². The van der Waals surface area contributed by atoms with Gasteiger partial charge < -0.3 is 15.1 Å². The number of aromatic nitrogens is 1. The Bertz CT molecular complexity index is 755. The van der Waals surface area contributed by atoms with Crippen LogP contribution in [0.4, 0.5) is 5.82 Å². The standard InChI is InChI=1S/C20H24N4O2/c1-16-6-2-3-7-17(16)15-22-19(25)14-20(26)24-12-10-23(11-13-24)18-8-4-5-9-21-18/h2-9H,10-15H2,1H3,(H,22,25). The molecule has 2 aromatic rings. The molecule has 0 aliphatic carbocycles. The number of carbonyl (C=O) groups excluding carboxylic acids is 2. The fourth-order valence-electron chi connectivity index (χ4n) is 3.04. The number of hydrogen-bond acceptors (Lipinski definition) is 4. The van der Waals surface area contributed by atoms with Crippen molar-refractivity contribution in [2.24, 2.45) is 0 Å². The normalized spacial score (nSPS) is 14.2. The maximum absolute atomic E-state index is 12.4. The highest BCUT2D eigenvalue weighted by atomic mass is 16.2. The molecule has 1 N–H and O–H groups in total. The topological polar surface area (TPSA) is 65.5 Å². The summed E-state index contributed by atoms with van der Waals surface area (Å²) in [5, 5.41) is 2.84. The van der Waals surface area contributed by atoms with E-state index in [-0.39, 0.29) is 18.2 Å². The first kappa shape index (κ1) is 17.9. The first-order valence-electron chi connectivity index (χ1n) is 8.88. The van der Waals surface area contributed by atoms with Crippen molar-refractivity contribution in [1.29, 1.82) is 0 Å². The van der Waals surface area contributed by atoms with Crippen LogP contribution in [-0.2, 0) is 16.1 Å². The predicted octanol–water partition coefficient (Wildman–Crippen LogP) is 1.75. The molecule has 2 amide bonds. The molecule has 6 nitrogen and oxygen atoms in total. The lowest BCUT2D eigenvalue weighted by Crippen LogP contribution is -2.49. The van der Waals surface area contributed by atoms with Gasteiger partial charge in [-0.1, -0.05) is 30.3 Å². The molecular weight excluding hydrogens is 328 g/mol. The monoisotopic (exact) mass is 352 g/mol. The van der Waals surface area contributed by atoms with Crippen LogP contribution in [0.3, 0.4) is 0 Å². The minimum atomic E-state index is -0.231. The molecule has 1 aliphatic rings. The van der Waals surface area contributed by atoms with E-state index in [9.17, 15) is 9.59 Å². The molecule has 1 aromatic heterocycles. The van der Waals surface area contributed by atoms with Crippen molar-refractivity contribution in [3.05, 3.63) is 59.8 Å². The summed E-state index contributed by atoms with van der Waals surface area (Å²) in [7, 11) is 0. The second-order valence-electron chi connectivity index (χ2n) is 6.44.